The van der Waals surface area contributed by atoms with Crippen LogP contribution in [-0.2, 0) is 11.3 Å². The molecule has 1 aromatic rings. The van der Waals surface area contributed by atoms with Crippen LogP contribution in [0.1, 0.15) is 35.9 Å². The zero-order valence-corrected chi connectivity index (χ0v) is 10.6. The molecule has 100 valence electrons. The third-order valence-electron chi connectivity index (χ3n) is 3.51. The van der Waals surface area contributed by atoms with Gasteiger partial charge < -0.3 is 19.6 Å². The van der Waals surface area contributed by atoms with Crippen molar-refractivity contribution < 1.29 is 19.1 Å². The lowest BCUT2D eigenvalue weighted by atomic mass is 9.82. The van der Waals surface area contributed by atoms with Crippen molar-refractivity contribution in [2.24, 2.45) is 5.41 Å². The van der Waals surface area contributed by atoms with Crippen LogP contribution in [0.4, 0.5) is 0 Å². The van der Waals surface area contributed by atoms with E-state index in [9.17, 15) is 4.79 Å². The third kappa shape index (κ3) is 3.11. The Labute approximate surface area is 106 Å². The summed E-state index contributed by atoms with van der Waals surface area (Å²) in [5.74, 6) is -0.462. The van der Waals surface area contributed by atoms with E-state index in [1.54, 1.807) is 0 Å². The second-order valence-electron chi connectivity index (χ2n) is 5.09. The Hall–Kier alpha value is -1.33. The highest BCUT2D eigenvalue weighted by atomic mass is 16.5. The second-order valence-corrected chi connectivity index (χ2v) is 5.09. The molecule has 18 heavy (non-hydrogen) atoms. The van der Waals surface area contributed by atoms with Gasteiger partial charge in [0.1, 0.15) is 11.3 Å². The van der Waals surface area contributed by atoms with Gasteiger partial charge in [-0.25, -0.2) is 4.79 Å². The molecular weight excluding hydrogens is 234 g/mol. The topological polar surface area (TPSA) is 71.7 Å². The number of rotatable bonds is 5. The quantitative estimate of drug-likeness (QED) is 0.838. The molecule has 0 aliphatic carbocycles. The van der Waals surface area contributed by atoms with E-state index in [0.29, 0.717) is 12.3 Å². The van der Waals surface area contributed by atoms with Crippen molar-refractivity contribution in [1.82, 2.24) is 5.32 Å². The van der Waals surface area contributed by atoms with Crippen LogP contribution in [0, 0.1) is 5.41 Å². The molecule has 5 nitrogen and oxygen atoms in total. The monoisotopic (exact) mass is 253 g/mol. The minimum atomic E-state index is -0.946. The van der Waals surface area contributed by atoms with Gasteiger partial charge in [0.15, 0.2) is 0 Å². The normalized spacial score (nSPS) is 18.7. The Morgan fingerprint density at radius 2 is 2.22 bits per heavy atom. The Morgan fingerprint density at radius 3 is 2.89 bits per heavy atom. The smallest absolute Gasteiger partial charge is 0.339 e. The van der Waals surface area contributed by atoms with Gasteiger partial charge in [-0.2, -0.15) is 0 Å². The summed E-state index contributed by atoms with van der Waals surface area (Å²) < 4.78 is 10.5. The van der Waals surface area contributed by atoms with Crippen LogP contribution in [0.15, 0.2) is 16.7 Å². The van der Waals surface area contributed by atoms with Crippen LogP contribution in [0.5, 0.6) is 0 Å². The molecule has 2 heterocycles. The van der Waals surface area contributed by atoms with E-state index in [4.69, 9.17) is 14.3 Å². The molecule has 1 saturated heterocycles. The van der Waals surface area contributed by atoms with E-state index in [-0.39, 0.29) is 11.0 Å². The maximum absolute atomic E-state index is 10.9. The van der Waals surface area contributed by atoms with Crippen LogP contribution < -0.4 is 5.32 Å². The van der Waals surface area contributed by atoms with Gasteiger partial charge in [-0.15, -0.1) is 0 Å². The summed E-state index contributed by atoms with van der Waals surface area (Å²) >= 11 is 0. The van der Waals surface area contributed by atoms with Gasteiger partial charge in [0.25, 0.3) is 0 Å². The highest BCUT2D eigenvalue weighted by Gasteiger charge is 2.27. The van der Waals surface area contributed by atoms with Crippen molar-refractivity contribution >= 4 is 5.97 Å². The molecule has 0 saturated carbocycles. The van der Waals surface area contributed by atoms with E-state index in [1.807, 2.05) is 0 Å². The molecule has 1 aromatic heterocycles. The van der Waals surface area contributed by atoms with Crippen LogP contribution >= 0.6 is 0 Å². The lowest BCUT2D eigenvalue weighted by molar-refractivity contribution is 0.0238. The first-order valence-electron chi connectivity index (χ1n) is 6.19. The average molecular weight is 253 g/mol. The highest BCUT2D eigenvalue weighted by Crippen LogP contribution is 2.28. The average Bonchev–Trinajstić information content (AvgIpc) is 2.78. The van der Waals surface area contributed by atoms with Crippen molar-refractivity contribution in [3.05, 3.63) is 23.7 Å². The molecular formula is C13H19NO4. The third-order valence-corrected chi connectivity index (χ3v) is 3.51. The summed E-state index contributed by atoms with van der Waals surface area (Å²) in [5, 5.41) is 12.2. The van der Waals surface area contributed by atoms with Crippen LogP contribution in [-0.4, -0.2) is 30.8 Å². The number of hydrogen-bond donors (Lipinski definition) is 2. The number of furan rings is 1. The van der Waals surface area contributed by atoms with Gasteiger partial charge in [-0.05, 0) is 24.3 Å². The first-order valence-corrected chi connectivity index (χ1v) is 6.19. The van der Waals surface area contributed by atoms with Crippen molar-refractivity contribution in [2.75, 3.05) is 19.8 Å². The van der Waals surface area contributed by atoms with Crippen molar-refractivity contribution in [3.8, 4) is 0 Å². The molecule has 0 aromatic carbocycles. The van der Waals surface area contributed by atoms with Gasteiger partial charge in [0.05, 0.1) is 12.8 Å². The lowest BCUT2D eigenvalue weighted by Gasteiger charge is -2.33. The lowest BCUT2D eigenvalue weighted by Crippen LogP contribution is -2.36. The van der Waals surface area contributed by atoms with Gasteiger partial charge in [-0.1, -0.05) is 6.92 Å². The summed E-state index contributed by atoms with van der Waals surface area (Å²) in [7, 11) is 0. The fraction of sp³-hybridized carbons (Fsp3) is 0.615. The minimum Gasteiger partial charge on any atom is -0.478 e. The van der Waals surface area contributed by atoms with Crippen LogP contribution in [0.3, 0.4) is 0 Å². The number of carbonyl (C=O) groups is 1. The predicted molar refractivity (Wildman–Crippen MR) is 65.5 cm³/mol. The molecule has 2 N–H and O–H groups in total. The van der Waals surface area contributed by atoms with Gasteiger partial charge >= 0.3 is 5.97 Å². The Bertz CT molecular complexity index is 407. The highest BCUT2D eigenvalue weighted by molar-refractivity contribution is 5.88. The Kier molecular flexibility index (Phi) is 4.04. The van der Waals surface area contributed by atoms with E-state index in [0.717, 1.165) is 32.6 Å². The van der Waals surface area contributed by atoms with Crippen molar-refractivity contribution in [1.29, 1.82) is 0 Å². The molecule has 0 bridgehead atoms. The van der Waals surface area contributed by atoms with E-state index < -0.39 is 5.97 Å². The van der Waals surface area contributed by atoms with Crippen molar-refractivity contribution in [2.45, 2.75) is 26.3 Å². The number of aromatic carboxylic acids is 1. The first kappa shape index (κ1) is 13.1. The summed E-state index contributed by atoms with van der Waals surface area (Å²) in [6.07, 6.45) is 3.48. The molecule has 1 fully saturated rings. The van der Waals surface area contributed by atoms with Crippen molar-refractivity contribution in [3.63, 3.8) is 0 Å². The molecule has 0 unspecified atom stereocenters. The Balaban J connectivity index is 1.84. The summed E-state index contributed by atoms with van der Waals surface area (Å²) in [5.41, 5.74) is 0.466. The van der Waals surface area contributed by atoms with E-state index in [1.165, 1.54) is 12.3 Å². The summed E-state index contributed by atoms with van der Waals surface area (Å²) in [6, 6.07) is 1.48. The predicted octanol–water partition coefficient (Wildman–Crippen LogP) is 1.88. The maximum Gasteiger partial charge on any atom is 0.339 e. The molecule has 0 radical (unpaired) electrons. The molecule has 1 aliphatic heterocycles. The zero-order valence-electron chi connectivity index (χ0n) is 10.6. The molecule has 5 heteroatoms. The van der Waals surface area contributed by atoms with Gasteiger partial charge in [-0.3, -0.25) is 0 Å². The minimum absolute atomic E-state index is 0.230. The Morgan fingerprint density at radius 1 is 1.50 bits per heavy atom. The standard InChI is InChI=1S/C13H19NO4/c1-13(3-6-17-7-4-13)9-14-8-11-10(12(15)16)2-5-18-11/h2,5,14H,3-4,6-9H2,1H3,(H,15,16). The second kappa shape index (κ2) is 5.54. The van der Waals surface area contributed by atoms with E-state index in [2.05, 4.69) is 12.2 Å². The first-order chi connectivity index (χ1) is 8.61. The van der Waals surface area contributed by atoms with E-state index >= 15 is 0 Å². The molecule has 1 aliphatic rings. The number of hydrogen-bond acceptors (Lipinski definition) is 4. The number of ether oxygens (including phenoxy) is 1. The number of carboxylic acids is 1. The molecule has 0 atom stereocenters. The van der Waals surface area contributed by atoms with Crippen LogP contribution in [0.25, 0.3) is 0 Å². The summed E-state index contributed by atoms with van der Waals surface area (Å²) in [6.45, 7) is 5.13. The fourth-order valence-electron chi connectivity index (χ4n) is 2.19. The molecule has 0 spiro atoms. The van der Waals surface area contributed by atoms with Crippen LogP contribution in [0.2, 0.25) is 0 Å². The van der Waals surface area contributed by atoms with Gasteiger partial charge in [0, 0.05) is 19.8 Å². The SMILES string of the molecule is CC1(CNCc2occc2C(=O)O)CCOCC1. The molecule has 2 rings (SSSR count). The maximum atomic E-state index is 10.9. The number of carboxylic acid groups (broad SMARTS) is 1. The van der Waals surface area contributed by atoms with Gasteiger partial charge in [0.2, 0.25) is 0 Å². The zero-order chi connectivity index (χ0) is 13.0. The largest absolute Gasteiger partial charge is 0.478 e. The summed E-state index contributed by atoms with van der Waals surface area (Å²) in [4.78, 5) is 10.9. The fourth-order valence-corrected chi connectivity index (χ4v) is 2.19. The number of nitrogens with one attached hydrogen (secondary N) is 1. The molecule has 0 amide bonds.